The SMILES string of the molecule is NCCN(c1nc2c(s1)CCC2)C1CC1. The number of thiazole rings is 1. The van der Waals surface area contributed by atoms with Crippen molar-refractivity contribution in [2.24, 2.45) is 5.73 Å². The van der Waals surface area contributed by atoms with Gasteiger partial charge in [-0.15, -0.1) is 11.3 Å². The van der Waals surface area contributed by atoms with Crippen LogP contribution < -0.4 is 10.6 Å². The Hall–Kier alpha value is -0.610. The van der Waals surface area contributed by atoms with Gasteiger partial charge in [-0.25, -0.2) is 4.98 Å². The van der Waals surface area contributed by atoms with Gasteiger partial charge in [-0.3, -0.25) is 0 Å². The Morgan fingerprint density at radius 3 is 2.93 bits per heavy atom. The summed E-state index contributed by atoms with van der Waals surface area (Å²) < 4.78 is 0. The average molecular weight is 223 g/mol. The molecule has 0 aliphatic heterocycles. The van der Waals surface area contributed by atoms with E-state index in [4.69, 9.17) is 10.7 Å². The van der Waals surface area contributed by atoms with Crippen LogP contribution in [0.15, 0.2) is 0 Å². The number of nitrogens with two attached hydrogens (primary N) is 1. The highest BCUT2D eigenvalue weighted by molar-refractivity contribution is 7.15. The molecule has 0 aromatic carbocycles. The van der Waals surface area contributed by atoms with E-state index in [9.17, 15) is 0 Å². The Kier molecular flexibility index (Phi) is 2.41. The van der Waals surface area contributed by atoms with Gasteiger partial charge in [0.25, 0.3) is 0 Å². The quantitative estimate of drug-likeness (QED) is 0.842. The van der Waals surface area contributed by atoms with Gasteiger partial charge in [0.2, 0.25) is 0 Å². The Balaban J connectivity index is 1.82. The van der Waals surface area contributed by atoms with Crippen LogP contribution in [0.2, 0.25) is 0 Å². The van der Waals surface area contributed by atoms with E-state index in [1.54, 1.807) is 0 Å². The molecule has 82 valence electrons. The standard InChI is InChI=1S/C11H17N3S/c12-6-7-14(8-4-5-8)11-13-9-2-1-3-10(9)15-11/h8H,1-7,12H2. The molecular weight excluding hydrogens is 206 g/mol. The Labute approximate surface area is 94.3 Å². The maximum absolute atomic E-state index is 5.66. The third-order valence-electron chi connectivity index (χ3n) is 3.19. The lowest BCUT2D eigenvalue weighted by atomic mass is 10.4. The van der Waals surface area contributed by atoms with Gasteiger partial charge < -0.3 is 10.6 Å². The molecule has 0 spiro atoms. The van der Waals surface area contributed by atoms with Crippen molar-refractivity contribution < 1.29 is 0 Å². The van der Waals surface area contributed by atoms with E-state index in [2.05, 4.69) is 4.90 Å². The van der Waals surface area contributed by atoms with E-state index in [0.717, 1.165) is 19.1 Å². The van der Waals surface area contributed by atoms with Crippen molar-refractivity contribution in [2.45, 2.75) is 38.1 Å². The number of aromatic nitrogens is 1. The predicted octanol–water partition coefficient (Wildman–Crippen LogP) is 1.56. The van der Waals surface area contributed by atoms with Gasteiger partial charge in [-0.1, -0.05) is 0 Å². The van der Waals surface area contributed by atoms with E-state index >= 15 is 0 Å². The second-order valence-electron chi connectivity index (χ2n) is 4.43. The van der Waals surface area contributed by atoms with Crippen LogP contribution in [0.3, 0.4) is 0 Å². The number of aryl methyl sites for hydroxylation is 2. The maximum Gasteiger partial charge on any atom is 0.186 e. The smallest absolute Gasteiger partial charge is 0.186 e. The molecule has 1 saturated carbocycles. The molecule has 1 fully saturated rings. The highest BCUT2D eigenvalue weighted by Crippen LogP contribution is 2.37. The Bertz CT molecular complexity index is 335. The zero-order valence-electron chi connectivity index (χ0n) is 8.91. The van der Waals surface area contributed by atoms with Crippen molar-refractivity contribution in [3.63, 3.8) is 0 Å². The van der Waals surface area contributed by atoms with Gasteiger partial charge in [0.05, 0.1) is 5.69 Å². The average Bonchev–Trinajstić information content (AvgIpc) is 2.82. The first kappa shape index (κ1) is 9.60. The number of anilines is 1. The molecule has 3 nitrogen and oxygen atoms in total. The number of rotatable bonds is 4. The monoisotopic (exact) mass is 223 g/mol. The van der Waals surface area contributed by atoms with Gasteiger partial charge in [-0.2, -0.15) is 0 Å². The fourth-order valence-corrected chi connectivity index (χ4v) is 3.51. The van der Waals surface area contributed by atoms with Crippen molar-refractivity contribution in [1.82, 2.24) is 4.98 Å². The first-order valence-electron chi connectivity index (χ1n) is 5.84. The van der Waals surface area contributed by atoms with E-state index in [1.807, 2.05) is 11.3 Å². The number of fused-ring (bicyclic) bond motifs is 1. The molecule has 3 rings (SSSR count). The minimum absolute atomic E-state index is 0.736. The third-order valence-corrected chi connectivity index (χ3v) is 4.38. The molecule has 2 aliphatic rings. The molecule has 1 heterocycles. The van der Waals surface area contributed by atoms with E-state index < -0.39 is 0 Å². The van der Waals surface area contributed by atoms with Crippen LogP contribution >= 0.6 is 11.3 Å². The van der Waals surface area contributed by atoms with E-state index in [-0.39, 0.29) is 0 Å². The summed E-state index contributed by atoms with van der Waals surface area (Å²) in [7, 11) is 0. The summed E-state index contributed by atoms with van der Waals surface area (Å²) in [6, 6.07) is 0.736. The van der Waals surface area contributed by atoms with Crippen molar-refractivity contribution in [2.75, 3.05) is 18.0 Å². The molecule has 0 amide bonds. The molecular formula is C11H17N3S. The number of hydrogen-bond donors (Lipinski definition) is 1. The Morgan fingerprint density at radius 2 is 2.27 bits per heavy atom. The largest absolute Gasteiger partial charge is 0.344 e. The van der Waals surface area contributed by atoms with E-state index in [0.29, 0.717) is 0 Å². The van der Waals surface area contributed by atoms with Crippen LogP contribution in [0.1, 0.15) is 29.8 Å². The van der Waals surface area contributed by atoms with Crippen LogP contribution in [0, 0.1) is 0 Å². The molecule has 0 saturated heterocycles. The minimum atomic E-state index is 0.736. The lowest BCUT2D eigenvalue weighted by molar-refractivity contribution is 0.777. The van der Waals surface area contributed by atoms with E-state index in [1.165, 1.54) is 47.8 Å². The molecule has 1 aromatic heterocycles. The van der Waals surface area contributed by atoms with Crippen molar-refractivity contribution in [1.29, 1.82) is 0 Å². The molecule has 0 bridgehead atoms. The normalized spacial score (nSPS) is 19.3. The number of hydrogen-bond acceptors (Lipinski definition) is 4. The van der Waals surface area contributed by atoms with Crippen LogP contribution in [-0.4, -0.2) is 24.1 Å². The third kappa shape index (κ3) is 1.76. The van der Waals surface area contributed by atoms with Gasteiger partial charge in [-0.05, 0) is 32.1 Å². The summed E-state index contributed by atoms with van der Waals surface area (Å²) in [5, 5.41) is 1.23. The summed E-state index contributed by atoms with van der Waals surface area (Å²) in [4.78, 5) is 8.70. The van der Waals surface area contributed by atoms with Crippen molar-refractivity contribution in [3.05, 3.63) is 10.6 Å². The topological polar surface area (TPSA) is 42.1 Å². The summed E-state index contributed by atoms with van der Waals surface area (Å²) >= 11 is 1.90. The second kappa shape index (κ2) is 3.76. The minimum Gasteiger partial charge on any atom is -0.344 e. The summed E-state index contributed by atoms with van der Waals surface area (Å²) in [5.74, 6) is 0. The zero-order valence-corrected chi connectivity index (χ0v) is 9.72. The zero-order chi connectivity index (χ0) is 10.3. The second-order valence-corrected chi connectivity index (χ2v) is 5.50. The van der Waals surface area contributed by atoms with Gasteiger partial charge in [0.15, 0.2) is 5.13 Å². The van der Waals surface area contributed by atoms with Crippen LogP contribution in [0.5, 0.6) is 0 Å². The first-order valence-corrected chi connectivity index (χ1v) is 6.65. The van der Waals surface area contributed by atoms with Crippen molar-refractivity contribution in [3.8, 4) is 0 Å². The first-order chi connectivity index (χ1) is 7.38. The maximum atomic E-state index is 5.66. The molecule has 2 N–H and O–H groups in total. The molecule has 15 heavy (non-hydrogen) atoms. The van der Waals surface area contributed by atoms with Gasteiger partial charge >= 0.3 is 0 Å². The van der Waals surface area contributed by atoms with Crippen LogP contribution in [0.25, 0.3) is 0 Å². The van der Waals surface area contributed by atoms with Gasteiger partial charge in [0, 0.05) is 24.0 Å². The fraction of sp³-hybridized carbons (Fsp3) is 0.727. The lowest BCUT2D eigenvalue weighted by Crippen LogP contribution is -2.31. The molecule has 1 aromatic rings. The van der Waals surface area contributed by atoms with Crippen LogP contribution in [0.4, 0.5) is 5.13 Å². The summed E-state index contributed by atoms with van der Waals surface area (Å²) in [6.45, 7) is 1.71. The number of nitrogens with zero attached hydrogens (tertiary/aromatic N) is 2. The highest BCUT2D eigenvalue weighted by Gasteiger charge is 2.31. The van der Waals surface area contributed by atoms with Crippen molar-refractivity contribution >= 4 is 16.5 Å². The molecule has 4 heteroatoms. The van der Waals surface area contributed by atoms with Crippen LogP contribution in [-0.2, 0) is 12.8 Å². The molecule has 0 atom stereocenters. The lowest BCUT2D eigenvalue weighted by Gasteiger charge is -2.20. The van der Waals surface area contributed by atoms with Gasteiger partial charge in [0.1, 0.15) is 0 Å². The fourth-order valence-electron chi connectivity index (χ4n) is 2.26. The molecule has 2 aliphatic carbocycles. The Morgan fingerprint density at radius 1 is 1.40 bits per heavy atom. The highest BCUT2D eigenvalue weighted by atomic mass is 32.1. The summed E-state index contributed by atoms with van der Waals surface area (Å²) in [6.07, 6.45) is 6.38. The molecule has 0 unspecified atom stereocenters. The molecule has 0 radical (unpaired) electrons. The summed E-state index contributed by atoms with van der Waals surface area (Å²) in [5.41, 5.74) is 7.02. The predicted molar refractivity (Wildman–Crippen MR) is 63.6 cm³/mol.